The van der Waals surface area contributed by atoms with Gasteiger partial charge in [0.05, 0.1) is 5.69 Å². The number of hydrogen-bond acceptors (Lipinski definition) is 4. The van der Waals surface area contributed by atoms with Crippen LogP contribution in [-0.2, 0) is 6.42 Å². The highest BCUT2D eigenvalue weighted by molar-refractivity contribution is 5.32. The van der Waals surface area contributed by atoms with Crippen LogP contribution < -0.4 is 5.32 Å². The van der Waals surface area contributed by atoms with Gasteiger partial charge in [-0.3, -0.25) is 9.55 Å². The first-order valence-electron chi connectivity index (χ1n) is 6.94. The molecule has 1 aliphatic rings. The van der Waals surface area contributed by atoms with Crippen molar-refractivity contribution in [2.24, 2.45) is 0 Å². The number of aromatic nitrogens is 4. The van der Waals surface area contributed by atoms with Gasteiger partial charge in [-0.2, -0.15) is 0 Å². The van der Waals surface area contributed by atoms with E-state index < -0.39 is 0 Å². The predicted molar refractivity (Wildman–Crippen MR) is 73.4 cm³/mol. The molecule has 0 aliphatic carbocycles. The maximum absolute atomic E-state index is 4.59. The molecule has 5 heteroatoms. The molecule has 0 atom stereocenters. The first-order chi connectivity index (χ1) is 9.40. The molecule has 2 aromatic heterocycles. The van der Waals surface area contributed by atoms with Crippen LogP contribution in [0.2, 0.25) is 0 Å². The fourth-order valence-electron chi connectivity index (χ4n) is 2.70. The number of imidazole rings is 1. The smallest absolute Gasteiger partial charge is 0.160 e. The van der Waals surface area contributed by atoms with E-state index in [0.29, 0.717) is 5.92 Å². The van der Waals surface area contributed by atoms with Crippen molar-refractivity contribution >= 4 is 0 Å². The van der Waals surface area contributed by atoms with Crippen molar-refractivity contribution < 1.29 is 0 Å². The molecular formula is C14H19N5. The summed E-state index contributed by atoms with van der Waals surface area (Å²) in [5, 5.41) is 3.39. The first-order valence-corrected chi connectivity index (χ1v) is 6.94. The molecule has 19 heavy (non-hydrogen) atoms. The standard InChI is InChI=1S/C14H19N5/c1-2-12-16-9-10-19(12)14-13(17-7-8-18-14)11-3-5-15-6-4-11/h7-11,15H,2-6H2,1H3. The van der Waals surface area contributed by atoms with E-state index in [0.717, 1.165) is 49.7 Å². The van der Waals surface area contributed by atoms with E-state index in [-0.39, 0.29) is 0 Å². The third kappa shape index (κ3) is 2.38. The van der Waals surface area contributed by atoms with Crippen molar-refractivity contribution in [2.75, 3.05) is 13.1 Å². The van der Waals surface area contributed by atoms with E-state index in [2.05, 4.69) is 31.8 Å². The molecule has 3 rings (SSSR count). The highest BCUT2D eigenvalue weighted by Gasteiger charge is 2.21. The van der Waals surface area contributed by atoms with Gasteiger partial charge >= 0.3 is 0 Å². The Bertz CT molecular complexity index is 542. The molecule has 0 bridgehead atoms. The predicted octanol–water partition coefficient (Wildman–Crippen LogP) is 1.69. The third-order valence-corrected chi connectivity index (χ3v) is 3.69. The molecule has 0 amide bonds. The summed E-state index contributed by atoms with van der Waals surface area (Å²) in [5.41, 5.74) is 1.11. The van der Waals surface area contributed by atoms with E-state index in [1.54, 1.807) is 12.4 Å². The highest BCUT2D eigenvalue weighted by atomic mass is 15.1. The van der Waals surface area contributed by atoms with E-state index in [4.69, 9.17) is 0 Å². The van der Waals surface area contributed by atoms with Crippen LogP contribution in [-0.4, -0.2) is 32.6 Å². The van der Waals surface area contributed by atoms with Crippen LogP contribution in [0.15, 0.2) is 24.8 Å². The molecule has 1 saturated heterocycles. The highest BCUT2D eigenvalue weighted by Crippen LogP contribution is 2.27. The molecule has 0 aromatic carbocycles. The van der Waals surface area contributed by atoms with Gasteiger partial charge in [0.2, 0.25) is 0 Å². The molecule has 0 saturated carbocycles. The summed E-state index contributed by atoms with van der Waals surface area (Å²) in [7, 11) is 0. The maximum Gasteiger partial charge on any atom is 0.160 e. The van der Waals surface area contributed by atoms with Gasteiger partial charge in [-0.05, 0) is 25.9 Å². The lowest BCUT2D eigenvalue weighted by Gasteiger charge is -2.23. The molecule has 3 heterocycles. The fraction of sp³-hybridized carbons (Fsp3) is 0.500. The van der Waals surface area contributed by atoms with E-state index >= 15 is 0 Å². The van der Waals surface area contributed by atoms with E-state index in [1.165, 1.54) is 0 Å². The summed E-state index contributed by atoms with van der Waals surface area (Å²) < 4.78 is 2.07. The molecule has 0 radical (unpaired) electrons. The number of aryl methyl sites for hydroxylation is 1. The van der Waals surface area contributed by atoms with Gasteiger partial charge in [-0.25, -0.2) is 9.97 Å². The number of piperidine rings is 1. The van der Waals surface area contributed by atoms with Crippen LogP contribution in [0.4, 0.5) is 0 Å². The van der Waals surface area contributed by atoms with Crippen molar-refractivity contribution in [3.63, 3.8) is 0 Å². The number of nitrogens with zero attached hydrogens (tertiary/aromatic N) is 4. The number of rotatable bonds is 3. The summed E-state index contributed by atoms with van der Waals surface area (Å²) in [6, 6.07) is 0. The topological polar surface area (TPSA) is 55.6 Å². The summed E-state index contributed by atoms with van der Waals surface area (Å²) in [6.45, 7) is 4.23. The number of nitrogens with one attached hydrogen (secondary N) is 1. The summed E-state index contributed by atoms with van der Waals surface area (Å²) in [6.07, 6.45) is 10.5. The maximum atomic E-state index is 4.59. The van der Waals surface area contributed by atoms with Crippen molar-refractivity contribution in [3.8, 4) is 5.82 Å². The Morgan fingerprint density at radius 2 is 1.95 bits per heavy atom. The van der Waals surface area contributed by atoms with Crippen molar-refractivity contribution in [1.29, 1.82) is 0 Å². The zero-order valence-electron chi connectivity index (χ0n) is 11.2. The second-order valence-electron chi connectivity index (χ2n) is 4.86. The van der Waals surface area contributed by atoms with Crippen LogP contribution >= 0.6 is 0 Å². The Morgan fingerprint density at radius 3 is 2.74 bits per heavy atom. The van der Waals surface area contributed by atoms with Gasteiger partial charge in [-0.1, -0.05) is 6.92 Å². The van der Waals surface area contributed by atoms with Gasteiger partial charge in [0.1, 0.15) is 5.82 Å². The Kier molecular flexibility index (Phi) is 3.55. The minimum atomic E-state index is 0.497. The SMILES string of the molecule is CCc1nccn1-c1nccnc1C1CCNCC1. The Morgan fingerprint density at radius 1 is 1.16 bits per heavy atom. The van der Waals surface area contributed by atoms with Crippen molar-refractivity contribution in [3.05, 3.63) is 36.3 Å². The molecule has 2 aromatic rings. The summed E-state index contributed by atoms with van der Waals surface area (Å²) >= 11 is 0. The fourth-order valence-corrected chi connectivity index (χ4v) is 2.70. The van der Waals surface area contributed by atoms with Crippen LogP contribution in [0.3, 0.4) is 0 Å². The second kappa shape index (κ2) is 5.48. The molecule has 1 aliphatic heterocycles. The zero-order chi connectivity index (χ0) is 13.1. The Balaban J connectivity index is 2.01. The number of hydrogen-bond donors (Lipinski definition) is 1. The van der Waals surface area contributed by atoms with Gasteiger partial charge in [0, 0.05) is 37.1 Å². The minimum Gasteiger partial charge on any atom is -0.317 e. The van der Waals surface area contributed by atoms with Crippen LogP contribution in [0.5, 0.6) is 0 Å². The monoisotopic (exact) mass is 257 g/mol. The molecule has 100 valence electrons. The average molecular weight is 257 g/mol. The van der Waals surface area contributed by atoms with Crippen molar-refractivity contribution in [2.45, 2.75) is 32.1 Å². The van der Waals surface area contributed by atoms with Crippen LogP contribution in [0.1, 0.15) is 37.2 Å². The zero-order valence-corrected chi connectivity index (χ0v) is 11.2. The quantitative estimate of drug-likeness (QED) is 0.909. The third-order valence-electron chi connectivity index (χ3n) is 3.69. The van der Waals surface area contributed by atoms with Crippen LogP contribution in [0.25, 0.3) is 5.82 Å². The summed E-state index contributed by atoms with van der Waals surface area (Å²) in [5.74, 6) is 2.48. The van der Waals surface area contributed by atoms with E-state index in [9.17, 15) is 0 Å². The Labute approximate surface area is 113 Å². The minimum absolute atomic E-state index is 0.497. The van der Waals surface area contributed by atoms with Gasteiger partial charge in [-0.15, -0.1) is 0 Å². The Hall–Kier alpha value is -1.75. The lowest BCUT2D eigenvalue weighted by molar-refractivity contribution is 0.451. The first kappa shape index (κ1) is 12.3. The van der Waals surface area contributed by atoms with Gasteiger partial charge in [0.15, 0.2) is 5.82 Å². The second-order valence-corrected chi connectivity index (χ2v) is 4.86. The van der Waals surface area contributed by atoms with E-state index in [1.807, 2.05) is 12.4 Å². The van der Waals surface area contributed by atoms with Crippen molar-refractivity contribution in [1.82, 2.24) is 24.8 Å². The molecule has 5 nitrogen and oxygen atoms in total. The van der Waals surface area contributed by atoms with Gasteiger partial charge in [0.25, 0.3) is 0 Å². The average Bonchev–Trinajstić information content (AvgIpc) is 2.96. The van der Waals surface area contributed by atoms with Crippen LogP contribution in [0, 0.1) is 0 Å². The molecular weight excluding hydrogens is 238 g/mol. The molecule has 0 spiro atoms. The molecule has 1 fully saturated rings. The summed E-state index contributed by atoms with van der Waals surface area (Å²) in [4.78, 5) is 13.5. The van der Waals surface area contributed by atoms with Gasteiger partial charge < -0.3 is 5.32 Å². The largest absolute Gasteiger partial charge is 0.317 e. The molecule has 1 N–H and O–H groups in total. The molecule has 0 unspecified atom stereocenters. The normalized spacial score (nSPS) is 16.7. The lowest BCUT2D eigenvalue weighted by Crippen LogP contribution is -2.28. The lowest BCUT2D eigenvalue weighted by atomic mass is 9.94.